The van der Waals surface area contributed by atoms with Crippen LogP contribution in [0.3, 0.4) is 0 Å². The first-order valence-electron chi connectivity index (χ1n) is 10.1. The number of hydrogen-bond acceptors (Lipinski definition) is 3. The molecule has 28 heavy (non-hydrogen) atoms. The molecule has 0 spiro atoms. The minimum absolute atomic E-state index is 0.223. The average Bonchev–Trinajstić information content (AvgIpc) is 2.74. The lowest BCUT2D eigenvalue weighted by molar-refractivity contribution is -0.692. The molecule has 0 aromatic heterocycles. The molecule has 1 aliphatic rings. The van der Waals surface area contributed by atoms with E-state index < -0.39 is 0 Å². The molecule has 1 atom stereocenters. The Hall–Kier alpha value is -2.53. The van der Waals surface area contributed by atoms with E-state index in [-0.39, 0.29) is 5.91 Å². The minimum atomic E-state index is 0.223. The first-order valence-corrected chi connectivity index (χ1v) is 10.1. The lowest BCUT2D eigenvalue weighted by atomic mass is 9.96. The third-order valence-corrected chi connectivity index (χ3v) is 5.51. The molecule has 0 radical (unpaired) electrons. The van der Waals surface area contributed by atoms with Crippen LogP contribution < -0.4 is 15.0 Å². The summed E-state index contributed by atoms with van der Waals surface area (Å²) in [7, 11) is 1.70. The predicted molar refractivity (Wildman–Crippen MR) is 113 cm³/mol. The van der Waals surface area contributed by atoms with Crippen LogP contribution in [0.2, 0.25) is 0 Å². The van der Waals surface area contributed by atoms with Crippen LogP contribution in [0.25, 0.3) is 0 Å². The molecule has 5 heteroatoms. The monoisotopic (exact) mass is 382 g/mol. The van der Waals surface area contributed by atoms with Gasteiger partial charge in [0.25, 0.3) is 5.91 Å². The number of carbonyl (C=O) groups is 1. The van der Waals surface area contributed by atoms with E-state index in [0.29, 0.717) is 18.5 Å². The van der Waals surface area contributed by atoms with Gasteiger partial charge >= 0.3 is 0 Å². The van der Waals surface area contributed by atoms with E-state index in [2.05, 4.69) is 54.4 Å². The molecule has 0 unspecified atom stereocenters. The second-order valence-electron chi connectivity index (χ2n) is 7.66. The normalized spacial score (nSPS) is 15.6. The Kier molecular flexibility index (Phi) is 6.93. The fourth-order valence-electron chi connectivity index (χ4n) is 3.91. The summed E-state index contributed by atoms with van der Waals surface area (Å²) in [5.74, 6) is 1.58. The standard InChI is InChI=1S/C23H31N3O2/c1-18(2)23(19-9-5-4-6-10-19)24-17-22(27)26-15-13-25(14-16-26)20-11-7-8-12-21(20)28-3/h4-12,18,23-24H,13-17H2,1-3H3/p+1/t23-/m1/s1. The van der Waals surface area contributed by atoms with Crippen LogP contribution in [0.4, 0.5) is 5.69 Å². The molecule has 3 rings (SSSR count). The Balaban J connectivity index is 1.54. The Morgan fingerprint density at radius 3 is 2.29 bits per heavy atom. The van der Waals surface area contributed by atoms with Gasteiger partial charge in [0.05, 0.1) is 12.8 Å². The van der Waals surface area contributed by atoms with Crippen molar-refractivity contribution in [1.29, 1.82) is 0 Å². The van der Waals surface area contributed by atoms with E-state index in [1.807, 2.05) is 29.2 Å². The molecule has 1 saturated heterocycles. The van der Waals surface area contributed by atoms with Crippen LogP contribution in [0.1, 0.15) is 25.5 Å². The maximum absolute atomic E-state index is 12.8. The summed E-state index contributed by atoms with van der Waals surface area (Å²) in [6.45, 7) is 8.09. The third-order valence-electron chi connectivity index (χ3n) is 5.51. The first kappa shape index (κ1) is 20.2. The van der Waals surface area contributed by atoms with Crippen molar-refractivity contribution in [2.24, 2.45) is 5.92 Å². The fraction of sp³-hybridized carbons (Fsp3) is 0.435. The predicted octanol–water partition coefficient (Wildman–Crippen LogP) is 2.30. The van der Waals surface area contributed by atoms with Crippen LogP contribution >= 0.6 is 0 Å². The highest BCUT2D eigenvalue weighted by Crippen LogP contribution is 2.28. The Labute approximate surface area is 168 Å². The van der Waals surface area contributed by atoms with Crippen LogP contribution in [0.5, 0.6) is 5.75 Å². The van der Waals surface area contributed by atoms with Gasteiger partial charge in [-0.25, -0.2) is 0 Å². The smallest absolute Gasteiger partial charge is 0.277 e. The molecule has 1 aliphatic heterocycles. The summed E-state index contributed by atoms with van der Waals surface area (Å²) in [5.41, 5.74) is 2.39. The van der Waals surface area contributed by atoms with Gasteiger partial charge in [-0.1, -0.05) is 56.3 Å². The summed E-state index contributed by atoms with van der Waals surface area (Å²) in [5, 5.41) is 2.19. The Bertz CT molecular complexity index is 755. The molecule has 150 valence electrons. The van der Waals surface area contributed by atoms with Crippen molar-refractivity contribution in [2.45, 2.75) is 19.9 Å². The number of methoxy groups -OCH3 is 1. The highest BCUT2D eigenvalue weighted by molar-refractivity contribution is 5.77. The van der Waals surface area contributed by atoms with E-state index in [0.717, 1.165) is 37.6 Å². The second-order valence-corrected chi connectivity index (χ2v) is 7.66. The number of amides is 1. The zero-order valence-electron chi connectivity index (χ0n) is 17.2. The van der Waals surface area contributed by atoms with E-state index in [9.17, 15) is 4.79 Å². The summed E-state index contributed by atoms with van der Waals surface area (Å²) >= 11 is 0. The van der Waals surface area contributed by atoms with E-state index in [4.69, 9.17) is 4.74 Å². The van der Waals surface area contributed by atoms with Gasteiger partial charge in [0, 0.05) is 37.7 Å². The molecule has 1 amide bonds. The van der Waals surface area contributed by atoms with Crippen LogP contribution in [0, 0.1) is 5.92 Å². The molecular weight excluding hydrogens is 350 g/mol. The van der Waals surface area contributed by atoms with Crippen molar-refractivity contribution in [3.63, 3.8) is 0 Å². The number of carbonyl (C=O) groups excluding carboxylic acids is 1. The molecule has 2 aromatic rings. The van der Waals surface area contributed by atoms with Gasteiger partial charge in [-0.05, 0) is 12.1 Å². The number of hydrogen-bond donors (Lipinski definition) is 1. The molecule has 0 bridgehead atoms. The molecule has 0 saturated carbocycles. The van der Waals surface area contributed by atoms with Crippen LogP contribution in [-0.2, 0) is 4.79 Å². The Morgan fingerprint density at radius 1 is 1.00 bits per heavy atom. The van der Waals surface area contributed by atoms with Crippen LogP contribution in [-0.4, -0.2) is 50.6 Å². The number of nitrogens with zero attached hydrogens (tertiary/aromatic N) is 2. The first-order chi connectivity index (χ1) is 13.6. The molecule has 2 aromatic carbocycles. The van der Waals surface area contributed by atoms with Gasteiger partial charge < -0.3 is 19.9 Å². The molecule has 1 fully saturated rings. The maximum Gasteiger partial charge on any atom is 0.277 e. The van der Waals surface area contributed by atoms with E-state index >= 15 is 0 Å². The van der Waals surface area contributed by atoms with Gasteiger partial charge in [-0.3, -0.25) is 4.79 Å². The number of piperazine rings is 1. The zero-order chi connectivity index (χ0) is 19.9. The van der Waals surface area contributed by atoms with Crippen molar-refractivity contribution >= 4 is 11.6 Å². The van der Waals surface area contributed by atoms with E-state index in [1.165, 1.54) is 5.56 Å². The summed E-state index contributed by atoms with van der Waals surface area (Å²) in [4.78, 5) is 17.1. The van der Waals surface area contributed by atoms with Crippen molar-refractivity contribution in [2.75, 3.05) is 44.7 Å². The quantitative estimate of drug-likeness (QED) is 0.799. The van der Waals surface area contributed by atoms with Crippen molar-refractivity contribution in [1.82, 2.24) is 4.90 Å². The highest BCUT2D eigenvalue weighted by atomic mass is 16.5. The lowest BCUT2D eigenvalue weighted by Gasteiger charge is -2.36. The number of rotatable bonds is 7. The van der Waals surface area contributed by atoms with Gasteiger partial charge in [0.1, 0.15) is 11.8 Å². The summed E-state index contributed by atoms with van der Waals surface area (Å²) in [6.07, 6.45) is 0. The number of anilines is 1. The SMILES string of the molecule is COc1ccccc1N1CCN(C(=O)C[NH2+][C@@H](c2ccccc2)C(C)C)CC1. The number of quaternary nitrogens is 1. The van der Waals surface area contributed by atoms with Crippen molar-refractivity contribution < 1.29 is 14.8 Å². The molecular formula is C23H32N3O2+. The molecule has 0 aliphatic carbocycles. The number of benzene rings is 2. The minimum Gasteiger partial charge on any atom is -0.495 e. The third kappa shape index (κ3) is 4.84. The van der Waals surface area contributed by atoms with E-state index in [1.54, 1.807) is 7.11 Å². The second kappa shape index (κ2) is 9.60. The highest BCUT2D eigenvalue weighted by Gasteiger charge is 2.26. The summed E-state index contributed by atoms with van der Waals surface area (Å²) in [6, 6.07) is 18.8. The maximum atomic E-state index is 12.8. The van der Waals surface area contributed by atoms with Gasteiger partial charge in [0.2, 0.25) is 0 Å². The van der Waals surface area contributed by atoms with Gasteiger partial charge in [-0.15, -0.1) is 0 Å². The number of nitrogens with two attached hydrogens (primary N) is 1. The van der Waals surface area contributed by atoms with Crippen molar-refractivity contribution in [3.8, 4) is 5.75 Å². The number of ether oxygens (including phenoxy) is 1. The average molecular weight is 383 g/mol. The Morgan fingerprint density at radius 2 is 1.64 bits per heavy atom. The summed E-state index contributed by atoms with van der Waals surface area (Å²) < 4.78 is 5.47. The fourth-order valence-corrected chi connectivity index (χ4v) is 3.91. The topological polar surface area (TPSA) is 49.4 Å². The van der Waals surface area contributed by atoms with Crippen LogP contribution in [0.15, 0.2) is 54.6 Å². The molecule has 2 N–H and O–H groups in total. The van der Waals surface area contributed by atoms with Gasteiger partial charge in [-0.2, -0.15) is 0 Å². The zero-order valence-corrected chi connectivity index (χ0v) is 17.2. The molecule has 5 nitrogen and oxygen atoms in total. The van der Waals surface area contributed by atoms with Crippen molar-refractivity contribution in [3.05, 3.63) is 60.2 Å². The van der Waals surface area contributed by atoms with Gasteiger partial charge in [0.15, 0.2) is 6.54 Å². The lowest BCUT2D eigenvalue weighted by Crippen LogP contribution is -2.88. The number of para-hydroxylation sites is 2. The molecule has 1 heterocycles. The largest absolute Gasteiger partial charge is 0.495 e.